The van der Waals surface area contributed by atoms with Crippen LogP contribution in [0.4, 0.5) is 10.1 Å². The summed E-state index contributed by atoms with van der Waals surface area (Å²) in [4.78, 5) is 32.8. The van der Waals surface area contributed by atoms with Gasteiger partial charge in [0.15, 0.2) is 17.3 Å². The average Bonchev–Trinajstić information content (AvgIpc) is 3.32. The minimum atomic E-state index is -1.10. The van der Waals surface area contributed by atoms with Crippen molar-refractivity contribution in [2.24, 2.45) is 0 Å². The van der Waals surface area contributed by atoms with Crippen molar-refractivity contribution in [2.45, 2.75) is 19.9 Å². The average molecular weight is 499 g/mol. The number of Topliss-reactive ketones (excluding diaryl/α,β-unsaturated/α-hetero) is 1. The minimum absolute atomic E-state index is 0.153. The van der Waals surface area contributed by atoms with Gasteiger partial charge in [-0.25, -0.2) is 9.37 Å². The van der Waals surface area contributed by atoms with E-state index < -0.39 is 29.3 Å². The van der Waals surface area contributed by atoms with Gasteiger partial charge in [-0.3, -0.25) is 14.5 Å². The van der Waals surface area contributed by atoms with Crippen molar-refractivity contribution < 1.29 is 33.3 Å². The molecule has 35 heavy (non-hydrogen) atoms. The lowest BCUT2D eigenvalue weighted by atomic mass is 9.94. The first kappa shape index (κ1) is 24.2. The van der Waals surface area contributed by atoms with Crippen molar-refractivity contribution in [2.75, 3.05) is 26.2 Å². The number of rotatable bonds is 7. The highest BCUT2D eigenvalue weighted by Crippen LogP contribution is 2.47. The topological polar surface area (TPSA) is 98.2 Å². The molecule has 2 aromatic carbocycles. The van der Waals surface area contributed by atoms with Gasteiger partial charge >= 0.3 is 0 Å². The molecule has 0 saturated carbocycles. The Morgan fingerprint density at radius 1 is 1.09 bits per heavy atom. The molecule has 1 unspecified atom stereocenters. The molecular weight excluding hydrogens is 475 g/mol. The smallest absolute Gasteiger partial charge is 0.294 e. The first-order valence-electron chi connectivity index (χ1n) is 10.5. The quantitative estimate of drug-likeness (QED) is 0.471. The molecule has 0 aliphatic carbocycles. The second kappa shape index (κ2) is 9.38. The molecule has 1 amide bonds. The van der Waals surface area contributed by atoms with Gasteiger partial charge in [0.05, 0.1) is 48.5 Å². The first-order valence-corrected chi connectivity index (χ1v) is 11.3. The molecule has 8 nitrogen and oxygen atoms in total. The van der Waals surface area contributed by atoms with Crippen LogP contribution in [0.15, 0.2) is 47.7 Å². The number of hydrogen-bond acceptors (Lipinski definition) is 8. The van der Waals surface area contributed by atoms with Crippen LogP contribution in [0.5, 0.6) is 17.2 Å². The number of ether oxygens (including phenoxy) is 3. The van der Waals surface area contributed by atoms with Gasteiger partial charge in [-0.05, 0) is 49.7 Å². The Labute approximate surface area is 205 Å². The van der Waals surface area contributed by atoms with Gasteiger partial charge in [0.25, 0.3) is 5.91 Å². The summed E-state index contributed by atoms with van der Waals surface area (Å²) in [5.41, 5.74) is 0.891. The molecule has 2 heterocycles. The van der Waals surface area contributed by atoms with Gasteiger partial charge in [0.2, 0.25) is 11.5 Å². The largest absolute Gasteiger partial charge is 0.503 e. The number of halogens is 1. The first-order chi connectivity index (χ1) is 16.7. The molecule has 0 fully saturated rings. The van der Waals surface area contributed by atoms with Crippen molar-refractivity contribution in [1.82, 2.24) is 4.98 Å². The highest BCUT2D eigenvalue weighted by atomic mass is 32.1. The normalized spacial score (nSPS) is 15.5. The molecular formula is C25H23FN2O6S. The van der Waals surface area contributed by atoms with E-state index in [1.54, 1.807) is 26.0 Å². The Morgan fingerprint density at radius 3 is 2.26 bits per heavy atom. The molecule has 1 N–H and O–H groups in total. The van der Waals surface area contributed by atoms with E-state index in [0.717, 1.165) is 6.07 Å². The Kier molecular flexibility index (Phi) is 6.49. The Bertz CT molecular complexity index is 1340. The molecule has 1 aliphatic heterocycles. The van der Waals surface area contributed by atoms with Crippen LogP contribution in [-0.2, 0) is 4.79 Å². The fourth-order valence-electron chi connectivity index (χ4n) is 4.17. The molecule has 1 aromatic heterocycles. The van der Waals surface area contributed by atoms with E-state index in [9.17, 15) is 19.1 Å². The molecule has 0 spiro atoms. The lowest BCUT2D eigenvalue weighted by molar-refractivity contribution is -0.117. The Hall–Kier alpha value is -3.92. The highest BCUT2D eigenvalue weighted by Gasteiger charge is 2.46. The van der Waals surface area contributed by atoms with Crippen LogP contribution >= 0.6 is 11.3 Å². The monoisotopic (exact) mass is 498 g/mol. The second-order valence-corrected chi connectivity index (χ2v) is 8.96. The van der Waals surface area contributed by atoms with Crippen molar-refractivity contribution in [3.63, 3.8) is 0 Å². The van der Waals surface area contributed by atoms with Crippen molar-refractivity contribution in [1.29, 1.82) is 0 Å². The number of nitrogens with zero attached hydrogens (tertiary/aromatic N) is 2. The fraction of sp³-hybridized carbons (Fsp3) is 0.240. The maximum atomic E-state index is 14.1. The summed E-state index contributed by atoms with van der Waals surface area (Å²) in [6, 6.07) is 7.43. The summed E-state index contributed by atoms with van der Waals surface area (Å²) in [5.74, 6) is -1.79. The lowest BCUT2D eigenvalue weighted by Crippen LogP contribution is -2.31. The lowest BCUT2D eigenvalue weighted by Gasteiger charge is -2.28. The maximum absolute atomic E-state index is 14.1. The second-order valence-electron chi connectivity index (χ2n) is 7.76. The number of aryl methyl sites for hydroxylation is 2. The van der Waals surface area contributed by atoms with E-state index in [1.165, 1.54) is 55.8 Å². The summed E-state index contributed by atoms with van der Waals surface area (Å²) < 4.78 is 30.4. The Morgan fingerprint density at radius 2 is 1.74 bits per heavy atom. The molecule has 0 saturated heterocycles. The zero-order chi connectivity index (χ0) is 25.4. The zero-order valence-corrected chi connectivity index (χ0v) is 20.5. The van der Waals surface area contributed by atoms with Gasteiger partial charge in [-0.2, -0.15) is 0 Å². The van der Waals surface area contributed by atoms with Gasteiger partial charge in [0, 0.05) is 5.69 Å². The number of methoxy groups -OCH3 is 3. The number of carbonyl (C=O) groups excluding carboxylic acids is 2. The predicted molar refractivity (Wildman–Crippen MR) is 128 cm³/mol. The number of amides is 1. The Balaban J connectivity index is 1.98. The highest BCUT2D eigenvalue weighted by molar-refractivity contribution is 7.14. The van der Waals surface area contributed by atoms with E-state index >= 15 is 0 Å². The third-order valence-corrected chi connectivity index (χ3v) is 6.72. The van der Waals surface area contributed by atoms with Gasteiger partial charge in [-0.15, -0.1) is 11.3 Å². The number of aromatic nitrogens is 1. The van der Waals surface area contributed by atoms with Crippen LogP contribution in [0.1, 0.15) is 32.0 Å². The van der Waals surface area contributed by atoms with E-state index in [1.807, 2.05) is 0 Å². The van der Waals surface area contributed by atoms with E-state index in [2.05, 4.69) is 4.98 Å². The fourth-order valence-corrected chi connectivity index (χ4v) is 5.04. The summed E-state index contributed by atoms with van der Waals surface area (Å²) >= 11 is 1.17. The third-order valence-electron chi connectivity index (χ3n) is 5.65. The molecule has 10 heteroatoms. The van der Waals surface area contributed by atoms with Crippen LogP contribution in [0.3, 0.4) is 0 Å². The number of anilines is 1. The van der Waals surface area contributed by atoms with Crippen LogP contribution in [0.25, 0.3) is 0 Å². The predicted octanol–water partition coefficient (Wildman–Crippen LogP) is 4.71. The summed E-state index contributed by atoms with van der Waals surface area (Å²) in [7, 11) is 4.33. The van der Waals surface area contributed by atoms with Crippen molar-refractivity contribution in [3.8, 4) is 17.2 Å². The van der Waals surface area contributed by atoms with Gasteiger partial charge < -0.3 is 19.3 Å². The number of aliphatic hydroxyl groups is 1. The van der Waals surface area contributed by atoms with Gasteiger partial charge in [0.1, 0.15) is 5.82 Å². The molecule has 0 bridgehead atoms. The number of benzene rings is 2. The van der Waals surface area contributed by atoms with Crippen LogP contribution < -0.4 is 19.1 Å². The molecule has 0 radical (unpaired) electrons. The SMILES string of the molecule is COc1cc(C2C(C(=O)c3sc(C)nc3C)=C(O)C(=O)N2c2cccc(F)c2)cc(OC)c1OC. The van der Waals surface area contributed by atoms with E-state index in [4.69, 9.17) is 14.2 Å². The zero-order valence-electron chi connectivity index (χ0n) is 19.7. The van der Waals surface area contributed by atoms with Crippen LogP contribution in [0, 0.1) is 19.7 Å². The summed E-state index contributed by atoms with van der Waals surface area (Å²) in [6.07, 6.45) is 0. The summed E-state index contributed by atoms with van der Waals surface area (Å²) in [6.45, 7) is 3.45. The van der Waals surface area contributed by atoms with Crippen LogP contribution in [-0.4, -0.2) is 43.1 Å². The standard InChI is InChI=1S/C25H23FN2O6S/c1-12-24(35-13(2)27-12)21(29)19-20(14-9-17(32-3)23(34-5)18(10-14)33-4)28(25(31)22(19)30)16-8-6-7-15(26)11-16/h6-11,20,30H,1-5H3. The van der Waals surface area contributed by atoms with Crippen molar-refractivity contribution in [3.05, 3.63) is 74.7 Å². The molecule has 1 aliphatic rings. The number of thiazole rings is 1. The number of hydrogen-bond donors (Lipinski definition) is 1. The van der Waals surface area contributed by atoms with E-state index in [-0.39, 0.29) is 22.8 Å². The van der Waals surface area contributed by atoms with Gasteiger partial charge in [-0.1, -0.05) is 6.07 Å². The van der Waals surface area contributed by atoms with E-state index in [0.29, 0.717) is 26.9 Å². The number of ketones is 1. The molecule has 182 valence electrons. The minimum Gasteiger partial charge on any atom is -0.503 e. The maximum Gasteiger partial charge on any atom is 0.294 e. The number of carbonyl (C=O) groups is 2. The van der Waals surface area contributed by atoms with Crippen molar-refractivity contribution >= 4 is 28.7 Å². The summed E-state index contributed by atoms with van der Waals surface area (Å²) in [5, 5.41) is 11.6. The number of aliphatic hydroxyl groups excluding tert-OH is 1. The molecule has 4 rings (SSSR count). The third kappa shape index (κ3) is 4.10. The van der Waals surface area contributed by atoms with Crippen LogP contribution in [0.2, 0.25) is 0 Å². The molecule has 1 atom stereocenters. The molecule has 3 aromatic rings.